The second-order valence-corrected chi connectivity index (χ2v) is 5.68. The van der Waals surface area contributed by atoms with Crippen molar-refractivity contribution in [2.24, 2.45) is 0 Å². The van der Waals surface area contributed by atoms with Crippen LogP contribution in [0.15, 0.2) is 24.4 Å². The lowest BCUT2D eigenvalue weighted by Crippen LogP contribution is -2.19. The fourth-order valence-corrected chi connectivity index (χ4v) is 2.80. The first-order valence-electron chi connectivity index (χ1n) is 8.01. The molecule has 2 rings (SSSR count). The summed E-state index contributed by atoms with van der Waals surface area (Å²) in [7, 11) is 3.38. The van der Waals surface area contributed by atoms with Gasteiger partial charge in [-0.15, -0.1) is 0 Å². The van der Waals surface area contributed by atoms with Gasteiger partial charge in [0.05, 0.1) is 19.9 Å². The molecule has 5 nitrogen and oxygen atoms in total. The zero-order valence-corrected chi connectivity index (χ0v) is 14.7. The lowest BCUT2D eigenvalue weighted by atomic mass is 10.1. The highest BCUT2D eigenvalue weighted by Gasteiger charge is 2.12. The summed E-state index contributed by atoms with van der Waals surface area (Å²) < 4.78 is 12.6. The zero-order valence-electron chi connectivity index (χ0n) is 14.7. The molecule has 0 saturated heterocycles. The number of benzene rings is 1. The zero-order chi connectivity index (χ0) is 16.8. The molecule has 0 aliphatic heterocycles. The molecule has 0 fully saturated rings. The number of hydrogen-bond acceptors (Lipinski definition) is 4. The predicted molar refractivity (Wildman–Crippen MR) is 91.6 cm³/mol. The van der Waals surface area contributed by atoms with E-state index in [4.69, 9.17) is 9.47 Å². The molecule has 5 heteroatoms. The van der Waals surface area contributed by atoms with Gasteiger partial charge in [-0.1, -0.05) is 6.07 Å². The molecule has 0 aliphatic rings. The Hall–Kier alpha value is -1.85. The maximum absolute atomic E-state index is 5.37. The fourth-order valence-electron chi connectivity index (χ4n) is 2.80. The molecule has 2 aromatic rings. The summed E-state index contributed by atoms with van der Waals surface area (Å²) in [5.41, 5.74) is 4.75. The first-order valence-corrected chi connectivity index (χ1v) is 8.01. The maximum Gasteiger partial charge on any atom is 0.124 e. The molecular weight excluding hydrogens is 290 g/mol. The van der Waals surface area contributed by atoms with Crippen LogP contribution >= 0.6 is 0 Å². The van der Waals surface area contributed by atoms with Gasteiger partial charge in [0.2, 0.25) is 0 Å². The Labute approximate surface area is 138 Å². The number of hydrogen-bond donors (Lipinski definition) is 1. The van der Waals surface area contributed by atoms with Crippen molar-refractivity contribution in [2.75, 3.05) is 14.2 Å². The van der Waals surface area contributed by atoms with E-state index in [9.17, 15) is 0 Å². The number of aryl methyl sites for hydroxylation is 1. The Balaban J connectivity index is 2.04. The van der Waals surface area contributed by atoms with Crippen LogP contribution in [0.2, 0.25) is 0 Å². The molecule has 126 valence electrons. The summed E-state index contributed by atoms with van der Waals surface area (Å²) in [5.74, 6) is 0.865. The summed E-state index contributed by atoms with van der Waals surface area (Å²) in [6.07, 6.45) is 1.96. The van der Waals surface area contributed by atoms with E-state index in [1.165, 1.54) is 16.8 Å². The Morgan fingerprint density at radius 2 is 2.09 bits per heavy atom. The van der Waals surface area contributed by atoms with E-state index >= 15 is 0 Å². The summed E-state index contributed by atoms with van der Waals surface area (Å²) in [6.45, 7) is 8.64. The quantitative estimate of drug-likeness (QED) is 0.812. The first-order chi connectivity index (χ1) is 11.1. The molecule has 0 amide bonds. The Kier molecular flexibility index (Phi) is 6.19. The van der Waals surface area contributed by atoms with Crippen LogP contribution in [0.1, 0.15) is 42.3 Å². The average molecular weight is 317 g/mol. The van der Waals surface area contributed by atoms with Crippen LogP contribution in [-0.4, -0.2) is 24.0 Å². The minimum absolute atomic E-state index is 0.253. The van der Waals surface area contributed by atoms with Crippen molar-refractivity contribution in [1.82, 2.24) is 15.1 Å². The van der Waals surface area contributed by atoms with Crippen molar-refractivity contribution < 1.29 is 9.47 Å². The number of aromatic nitrogens is 2. The minimum Gasteiger partial charge on any atom is -0.496 e. The molecule has 1 aromatic heterocycles. The van der Waals surface area contributed by atoms with Gasteiger partial charge in [0.1, 0.15) is 5.75 Å². The van der Waals surface area contributed by atoms with Gasteiger partial charge in [-0.3, -0.25) is 4.68 Å². The lowest BCUT2D eigenvalue weighted by molar-refractivity contribution is 0.181. The van der Waals surface area contributed by atoms with Crippen molar-refractivity contribution in [3.63, 3.8) is 0 Å². The molecule has 0 bridgehead atoms. The van der Waals surface area contributed by atoms with E-state index in [0.29, 0.717) is 6.61 Å². The van der Waals surface area contributed by atoms with Crippen LogP contribution in [0, 0.1) is 6.92 Å². The largest absolute Gasteiger partial charge is 0.496 e. The molecule has 1 unspecified atom stereocenters. The SMILES string of the molecule is CCn1ncc(C(C)NCc2ccc(OC)c(COC)c2)c1C. The van der Waals surface area contributed by atoms with E-state index in [1.807, 2.05) is 16.9 Å². The highest BCUT2D eigenvalue weighted by Crippen LogP contribution is 2.22. The van der Waals surface area contributed by atoms with Gasteiger partial charge in [0.15, 0.2) is 0 Å². The molecule has 1 atom stereocenters. The van der Waals surface area contributed by atoms with Gasteiger partial charge in [-0.05, 0) is 38.5 Å². The van der Waals surface area contributed by atoms with Gasteiger partial charge >= 0.3 is 0 Å². The normalized spacial score (nSPS) is 12.4. The van der Waals surface area contributed by atoms with E-state index in [0.717, 1.165) is 24.4 Å². The lowest BCUT2D eigenvalue weighted by Gasteiger charge is -2.15. The third-order valence-electron chi connectivity index (χ3n) is 4.16. The second-order valence-electron chi connectivity index (χ2n) is 5.68. The fraction of sp³-hybridized carbons (Fsp3) is 0.500. The van der Waals surface area contributed by atoms with E-state index < -0.39 is 0 Å². The third-order valence-corrected chi connectivity index (χ3v) is 4.16. The highest BCUT2D eigenvalue weighted by atomic mass is 16.5. The molecule has 1 heterocycles. The number of nitrogens with one attached hydrogen (secondary N) is 1. The van der Waals surface area contributed by atoms with Crippen LogP contribution in [0.3, 0.4) is 0 Å². The highest BCUT2D eigenvalue weighted by molar-refractivity contribution is 5.37. The van der Waals surface area contributed by atoms with Gasteiger partial charge in [0, 0.05) is 43.1 Å². The van der Waals surface area contributed by atoms with E-state index in [1.54, 1.807) is 14.2 Å². The molecule has 0 saturated carbocycles. The van der Waals surface area contributed by atoms with Gasteiger partial charge < -0.3 is 14.8 Å². The Morgan fingerprint density at radius 3 is 2.70 bits per heavy atom. The predicted octanol–water partition coefficient (Wildman–Crippen LogP) is 3.22. The van der Waals surface area contributed by atoms with Crippen LogP contribution in [0.5, 0.6) is 5.75 Å². The van der Waals surface area contributed by atoms with Gasteiger partial charge in [-0.25, -0.2) is 0 Å². The summed E-state index contributed by atoms with van der Waals surface area (Å²) in [6, 6.07) is 6.46. The summed E-state index contributed by atoms with van der Waals surface area (Å²) >= 11 is 0. The van der Waals surface area contributed by atoms with Crippen LogP contribution < -0.4 is 10.1 Å². The molecule has 0 spiro atoms. The molecule has 0 radical (unpaired) electrons. The molecule has 23 heavy (non-hydrogen) atoms. The first kappa shape index (κ1) is 17.5. The smallest absolute Gasteiger partial charge is 0.124 e. The van der Waals surface area contributed by atoms with Gasteiger partial charge in [-0.2, -0.15) is 5.10 Å². The number of rotatable bonds is 8. The minimum atomic E-state index is 0.253. The van der Waals surface area contributed by atoms with Gasteiger partial charge in [0.25, 0.3) is 0 Å². The van der Waals surface area contributed by atoms with E-state index in [-0.39, 0.29) is 6.04 Å². The van der Waals surface area contributed by atoms with Crippen molar-refractivity contribution in [2.45, 2.75) is 46.5 Å². The van der Waals surface area contributed by atoms with Crippen LogP contribution in [0.25, 0.3) is 0 Å². The molecular formula is C18H27N3O2. The van der Waals surface area contributed by atoms with Crippen molar-refractivity contribution in [3.05, 3.63) is 46.8 Å². The standard InChI is InChI=1S/C18H27N3O2/c1-6-21-14(3)17(11-20-21)13(2)19-10-15-7-8-18(23-5)16(9-15)12-22-4/h7-9,11,13,19H,6,10,12H2,1-5H3. The second kappa shape index (κ2) is 8.13. The van der Waals surface area contributed by atoms with E-state index in [2.05, 4.69) is 43.3 Å². The Bertz CT molecular complexity index is 637. The maximum atomic E-state index is 5.37. The van der Waals surface area contributed by atoms with Crippen molar-refractivity contribution in [3.8, 4) is 5.75 Å². The third kappa shape index (κ3) is 4.12. The van der Waals surface area contributed by atoms with Crippen LogP contribution in [0.4, 0.5) is 0 Å². The Morgan fingerprint density at radius 1 is 1.30 bits per heavy atom. The number of nitrogens with zero attached hydrogens (tertiary/aromatic N) is 2. The molecule has 0 aliphatic carbocycles. The van der Waals surface area contributed by atoms with Crippen molar-refractivity contribution >= 4 is 0 Å². The molecule has 1 aromatic carbocycles. The van der Waals surface area contributed by atoms with Crippen LogP contribution in [-0.2, 0) is 24.4 Å². The monoisotopic (exact) mass is 317 g/mol. The number of ether oxygens (including phenoxy) is 2. The average Bonchev–Trinajstić information content (AvgIpc) is 2.94. The number of methoxy groups -OCH3 is 2. The summed E-state index contributed by atoms with van der Waals surface area (Å²) in [5, 5.41) is 7.98. The molecule has 1 N–H and O–H groups in total. The summed E-state index contributed by atoms with van der Waals surface area (Å²) in [4.78, 5) is 0. The van der Waals surface area contributed by atoms with Crippen molar-refractivity contribution in [1.29, 1.82) is 0 Å². The topological polar surface area (TPSA) is 48.3 Å².